The molecule has 152 valence electrons. The summed E-state index contributed by atoms with van der Waals surface area (Å²) in [7, 11) is 0. The topological polar surface area (TPSA) is 56.8 Å². The van der Waals surface area contributed by atoms with Gasteiger partial charge >= 0.3 is 0 Å². The van der Waals surface area contributed by atoms with Gasteiger partial charge in [-0.3, -0.25) is 4.79 Å². The molecule has 1 atom stereocenters. The quantitative estimate of drug-likeness (QED) is 0.709. The van der Waals surface area contributed by atoms with Gasteiger partial charge in [0, 0.05) is 35.3 Å². The van der Waals surface area contributed by atoms with E-state index >= 15 is 0 Å². The van der Waals surface area contributed by atoms with Gasteiger partial charge < -0.3 is 19.5 Å². The first-order chi connectivity index (χ1) is 14.0. The molecule has 0 bridgehead atoms. The fourth-order valence-corrected chi connectivity index (χ4v) is 3.80. The zero-order chi connectivity index (χ0) is 20.4. The van der Waals surface area contributed by atoms with Crippen LogP contribution in [0.15, 0.2) is 36.4 Å². The van der Waals surface area contributed by atoms with Crippen molar-refractivity contribution < 1.29 is 19.0 Å². The fraction of sp³-hybridized carbons (Fsp3) is 0.318. The van der Waals surface area contributed by atoms with E-state index < -0.39 is 6.10 Å². The molecule has 0 saturated heterocycles. The lowest BCUT2D eigenvalue weighted by Gasteiger charge is -2.23. The summed E-state index contributed by atoms with van der Waals surface area (Å²) in [5.74, 6) is 1.73. The average Bonchev–Trinajstić information content (AvgIpc) is 2.93. The smallest absolute Gasteiger partial charge is 0.197 e. The maximum Gasteiger partial charge on any atom is 0.197 e. The van der Waals surface area contributed by atoms with Crippen LogP contribution in [0.4, 0.5) is 0 Å². The average molecular weight is 434 g/mol. The molecule has 0 aromatic heterocycles. The van der Waals surface area contributed by atoms with E-state index in [1.54, 1.807) is 31.2 Å². The van der Waals surface area contributed by atoms with Crippen LogP contribution in [0.5, 0.6) is 17.2 Å². The van der Waals surface area contributed by atoms with Crippen molar-refractivity contribution in [1.29, 1.82) is 0 Å². The fourth-order valence-electron chi connectivity index (χ4n) is 3.34. The van der Waals surface area contributed by atoms with Crippen molar-refractivity contribution in [3.63, 3.8) is 0 Å². The number of nitrogens with one attached hydrogen (secondary N) is 1. The Morgan fingerprint density at radius 3 is 2.69 bits per heavy atom. The third-order valence-electron chi connectivity index (χ3n) is 4.86. The second kappa shape index (κ2) is 8.56. The van der Waals surface area contributed by atoms with Crippen molar-refractivity contribution >= 4 is 34.7 Å². The van der Waals surface area contributed by atoms with Crippen LogP contribution in [-0.4, -0.2) is 31.6 Å². The molecule has 1 unspecified atom stereocenters. The van der Waals surface area contributed by atoms with Crippen LogP contribution < -0.4 is 19.5 Å². The van der Waals surface area contributed by atoms with Gasteiger partial charge in [0.2, 0.25) is 0 Å². The molecule has 5 nitrogen and oxygen atoms in total. The summed E-state index contributed by atoms with van der Waals surface area (Å²) in [6.45, 7) is 3.70. The molecule has 0 amide bonds. The van der Waals surface area contributed by atoms with Crippen LogP contribution in [-0.2, 0) is 11.2 Å². The highest BCUT2D eigenvalue weighted by atomic mass is 35.5. The summed E-state index contributed by atoms with van der Waals surface area (Å²) in [5.41, 5.74) is 2.83. The third kappa shape index (κ3) is 4.46. The monoisotopic (exact) mass is 433 g/mol. The Bertz CT molecular complexity index is 974. The van der Waals surface area contributed by atoms with Gasteiger partial charge in [0.15, 0.2) is 23.4 Å². The van der Waals surface area contributed by atoms with E-state index in [9.17, 15) is 4.79 Å². The van der Waals surface area contributed by atoms with E-state index in [0.29, 0.717) is 34.8 Å². The molecular formula is C22H21Cl2NO4. The highest BCUT2D eigenvalue weighted by Crippen LogP contribution is 2.36. The Labute approximate surface area is 179 Å². The molecule has 2 aromatic carbocycles. The summed E-state index contributed by atoms with van der Waals surface area (Å²) < 4.78 is 17.3. The SMILES string of the molecule is CC(Oc1ccc(Cl)cc1Cl)C(=O)/C=C1\NCCc2cc3c(cc21)OCCCO3. The standard InChI is InChI=1S/C22H21Cl2NO4/c1-13(29-20-4-3-15(23)10-17(20)24)19(26)12-18-16-11-22-21(27-7-2-8-28-22)9-14(16)5-6-25-18/h3-4,9-13,25H,2,5-8H2,1H3/b18-12-. The van der Waals surface area contributed by atoms with Crippen LogP contribution in [0, 0.1) is 0 Å². The van der Waals surface area contributed by atoms with Gasteiger partial charge in [-0.25, -0.2) is 0 Å². The van der Waals surface area contributed by atoms with Crippen LogP contribution in [0.1, 0.15) is 24.5 Å². The molecule has 0 aliphatic carbocycles. The zero-order valence-electron chi connectivity index (χ0n) is 16.0. The summed E-state index contributed by atoms with van der Waals surface area (Å²) in [6.07, 6.45) is 2.58. The van der Waals surface area contributed by atoms with Crippen molar-refractivity contribution in [2.75, 3.05) is 19.8 Å². The molecule has 1 N–H and O–H groups in total. The largest absolute Gasteiger partial charge is 0.490 e. The summed E-state index contributed by atoms with van der Waals surface area (Å²) >= 11 is 12.1. The van der Waals surface area contributed by atoms with Crippen LogP contribution in [0.3, 0.4) is 0 Å². The Balaban J connectivity index is 1.57. The number of hydrogen-bond donors (Lipinski definition) is 1. The Hall–Kier alpha value is -2.37. The lowest BCUT2D eigenvalue weighted by atomic mass is 9.96. The molecule has 2 aliphatic rings. The van der Waals surface area contributed by atoms with E-state index in [4.69, 9.17) is 37.4 Å². The summed E-state index contributed by atoms with van der Waals surface area (Å²) in [5, 5.41) is 4.19. The molecule has 7 heteroatoms. The number of rotatable bonds is 4. The van der Waals surface area contributed by atoms with Gasteiger partial charge in [-0.2, -0.15) is 0 Å². The number of benzene rings is 2. The Morgan fingerprint density at radius 2 is 1.93 bits per heavy atom. The molecule has 2 aliphatic heterocycles. The van der Waals surface area contributed by atoms with Crippen molar-refractivity contribution in [2.45, 2.75) is 25.9 Å². The van der Waals surface area contributed by atoms with Gasteiger partial charge in [0.25, 0.3) is 0 Å². The number of fused-ring (bicyclic) bond motifs is 2. The molecule has 2 heterocycles. The Kier molecular flexibility index (Phi) is 5.88. The normalized spacial score (nSPS) is 17.7. The van der Waals surface area contributed by atoms with E-state index in [-0.39, 0.29) is 5.78 Å². The number of ketones is 1. The molecule has 0 spiro atoms. The minimum absolute atomic E-state index is 0.168. The summed E-state index contributed by atoms with van der Waals surface area (Å²) in [6, 6.07) is 8.87. The van der Waals surface area contributed by atoms with Crippen molar-refractivity contribution in [3.05, 3.63) is 57.6 Å². The van der Waals surface area contributed by atoms with Crippen molar-refractivity contribution in [1.82, 2.24) is 5.32 Å². The maximum absolute atomic E-state index is 12.8. The highest BCUT2D eigenvalue weighted by Gasteiger charge is 2.22. The first-order valence-electron chi connectivity index (χ1n) is 9.55. The van der Waals surface area contributed by atoms with Crippen molar-refractivity contribution in [2.24, 2.45) is 0 Å². The van der Waals surface area contributed by atoms with Crippen molar-refractivity contribution in [3.8, 4) is 17.2 Å². The number of halogens is 2. The molecule has 0 saturated carbocycles. The van der Waals surface area contributed by atoms with Crippen LogP contribution >= 0.6 is 23.2 Å². The van der Waals surface area contributed by atoms with Gasteiger partial charge in [-0.15, -0.1) is 0 Å². The van der Waals surface area contributed by atoms with Gasteiger partial charge in [0.05, 0.1) is 18.2 Å². The predicted molar refractivity (Wildman–Crippen MR) is 113 cm³/mol. The second-order valence-corrected chi connectivity index (χ2v) is 7.82. The second-order valence-electron chi connectivity index (χ2n) is 6.98. The molecule has 29 heavy (non-hydrogen) atoms. The summed E-state index contributed by atoms with van der Waals surface area (Å²) in [4.78, 5) is 12.8. The first-order valence-corrected chi connectivity index (χ1v) is 10.3. The number of carbonyl (C=O) groups excluding carboxylic acids is 1. The highest BCUT2D eigenvalue weighted by molar-refractivity contribution is 6.35. The van der Waals surface area contributed by atoms with E-state index in [1.807, 2.05) is 12.1 Å². The minimum Gasteiger partial charge on any atom is -0.490 e. The lowest BCUT2D eigenvalue weighted by molar-refractivity contribution is -0.120. The van der Waals surface area contributed by atoms with Gasteiger partial charge in [0.1, 0.15) is 5.75 Å². The van der Waals surface area contributed by atoms with Crippen LogP contribution in [0.25, 0.3) is 5.70 Å². The lowest BCUT2D eigenvalue weighted by Crippen LogP contribution is -2.27. The molecule has 4 rings (SSSR count). The molecule has 2 aromatic rings. The zero-order valence-corrected chi connectivity index (χ0v) is 17.5. The molecule has 0 fully saturated rings. The minimum atomic E-state index is -0.700. The van der Waals surface area contributed by atoms with Gasteiger partial charge in [-0.05, 0) is 49.2 Å². The van der Waals surface area contributed by atoms with E-state index in [0.717, 1.165) is 42.0 Å². The number of ether oxygens (including phenoxy) is 3. The van der Waals surface area contributed by atoms with Gasteiger partial charge in [-0.1, -0.05) is 23.2 Å². The maximum atomic E-state index is 12.8. The predicted octanol–water partition coefficient (Wildman–Crippen LogP) is 4.68. The molecule has 0 radical (unpaired) electrons. The van der Waals surface area contributed by atoms with Crippen LogP contribution in [0.2, 0.25) is 10.0 Å². The number of hydrogen-bond acceptors (Lipinski definition) is 5. The Morgan fingerprint density at radius 1 is 1.17 bits per heavy atom. The third-order valence-corrected chi connectivity index (χ3v) is 5.39. The molecular weight excluding hydrogens is 413 g/mol. The first kappa shape index (κ1) is 19.9. The van der Waals surface area contributed by atoms with E-state index in [1.165, 1.54) is 0 Å². The van der Waals surface area contributed by atoms with E-state index in [2.05, 4.69) is 5.32 Å². The number of carbonyl (C=O) groups is 1.